The molecule has 0 aliphatic carbocycles. The molecule has 4 aliphatic rings. The van der Waals surface area contributed by atoms with Gasteiger partial charge >= 0.3 is 12.1 Å². The van der Waals surface area contributed by atoms with E-state index in [1.54, 1.807) is 6.92 Å². The maximum Gasteiger partial charge on any atom is 0.416 e. The lowest BCUT2D eigenvalue weighted by Crippen LogP contribution is -2.69. The molecule has 2 bridgehead atoms. The van der Waals surface area contributed by atoms with Gasteiger partial charge in [0.05, 0.1) is 30.8 Å². The summed E-state index contributed by atoms with van der Waals surface area (Å²) in [5.41, 5.74) is 3.76. The number of phenols is 1. The summed E-state index contributed by atoms with van der Waals surface area (Å²) in [6.45, 7) is 4.82. The summed E-state index contributed by atoms with van der Waals surface area (Å²) in [6, 6.07) is 4.36. The van der Waals surface area contributed by atoms with Gasteiger partial charge in [-0.25, -0.2) is 0 Å². The van der Waals surface area contributed by atoms with Crippen molar-refractivity contribution in [3.05, 3.63) is 80.9 Å². The van der Waals surface area contributed by atoms with Gasteiger partial charge in [0, 0.05) is 47.8 Å². The summed E-state index contributed by atoms with van der Waals surface area (Å²) < 4.78 is 62.4. The predicted octanol–water partition coefficient (Wildman–Crippen LogP) is 4.72. The van der Waals surface area contributed by atoms with Gasteiger partial charge < -0.3 is 34.5 Å². The number of hydrogen-bond acceptors (Lipinski definition) is 10. The number of nitrogens with one attached hydrogen (secondary N) is 1. The summed E-state index contributed by atoms with van der Waals surface area (Å²) >= 11 is 0. The number of benzene rings is 3. The number of fused-ring (bicyclic) bond motifs is 9. The average Bonchev–Trinajstić information content (AvgIpc) is 3.57. The van der Waals surface area contributed by atoms with Crippen LogP contribution in [0, 0.1) is 13.8 Å². The molecule has 0 radical (unpaired) electrons. The zero-order valence-electron chi connectivity index (χ0n) is 28.6. The molecule has 7 rings (SSSR count). The van der Waals surface area contributed by atoms with E-state index < -0.39 is 54.0 Å². The van der Waals surface area contributed by atoms with Crippen molar-refractivity contribution in [2.45, 2.75) is 70.2 Å². The molecule has 3 N–H and O–H groups in total. The Hall–Kier alpha value is -4.79. The molecule has 0 saturated carbocycles. The number of methoxy groups -OCH3 is 1. The molecule has 0 spiro atoms. The monoisotopic (exact) mass is 709 g/mol. The maximum absolute atomic E-state index is 13.3. The van der Waals surface area contributed by atoms with Crippen LogP contribution in [-0.4, -0.2) is 77.7 Å². The lowest BCUT2D eigenvalue weighted by Gasteiger charge is -2.60. The van der Waals surface area contributed by atoms with Crippen LogP contribution in [0.25, 0.3) is 6.08 Å². The maximum atomic E-state index is 13.3. The van der Waals surface area contributed by atoms with Gasteiger partial charge in [0.2, 0.25) is 12.7 Å². The van der Waals surface area contributed by atoms with Gasteiger partial charge in [-0.3, -0.25) is 19.4 Å². The van der Waals surface area contributed by atoms with E-state index in [1.807, 2.05) is 24.9 Å². The molecule has 3 aromatic rings. The number of amides is 1. The molecular weight excluding hydrogens is 671 g/mol. The Morgan fingerprint density at radius 1 is 1.06 bits per heavy atom. The minimum Gasteiger partial charge on any atom is -0.504 e. The lowest BCUT2D eigenvalue weighted by molar-refractivity contribution is -0.172. The van der Waals surface area contributed by atoms with Crippen molar-refractivity contribution in [3.8, 4) is 28.7 Å². The second-order valence-corrected chi connectivity index (χ2v) is 13.4. The molecule has 0 unspecified atom stereocenters. The topological polar surface area (TPSA) is 130 Å². The van der Waals surface area contributed by atoms with E-state index in [0.29, 0.717) is 57.2 Å². The SMILES string of the molecule is COc1c(C)cc2c(c1O)[C@@H]1[C@@H]3Cc4c(OC(C)=O)c(C)c5c(c4[C@H](CNC(=O)/C=C/c4ccc(C(F)(F)F)cc4)N3[C@@H](O)[C@H](C2)N1C)OCO5. The first kappa shape index (κ1) is 34.6. The molecule has 1 amide bonds. The van der Waals surface area contributed by atoms with Gasteiger partial charge in [-0.2, -0.15) is 13.2 Å². The van der Waals surface area contributed by atoms with Crippen LogP contribution >= 0.6 is 0 Å². The Morgan fingerprint density at radius 3 is 2.43 bits per heavy atom. The number of halogens is 3. The van der Waals surface area contributed by atoms with Gasteiger partial charge in [0.15, 0.2) is 23.0 Å². The molecule has 3 aromatic carbocycles. The van der Waals surface area contributed by atoms with E-state index in [9.17, 15) is 33.0 Å². The Balaban J connectivity index is 1.31. The fourth-order valence-corrected chi connectivity index (χ4v) is 8.33. The highest BCUT2D eigenvalue weighted by Gasteiger charge is 2.56. The Bertz CT molecular complexity index is 1950. The molecular formula is C37H38F3N3O8. The summed E-state index contributed by atoms with van der Waals surface area (Å²) in [7, 11) is 3.40. The Labute approximate surface area is 292 Å². The number of esters is 1. The van der Waals surface area contributed by atoms with E-state index in [-0.39, 0.29) is 25.5 Å². The fraction of sp³-hybridized carbons (Fsp3) is 0.405. The highest BCUT2D eigenvalue weighted by Crippen LogP contribution is 2.58. The molecule has 1 saturated heterocycles. The number of rotatable bonds is 6. The number of ether oxygens (including phenoxy) is 4. The Morgan fingerprint density at radius 2 is 1.76 bits per heavy atom. The third-order valence-corrected chi connectivity index (χ3v) is 10.5. The number of carbonyl (C=O) groups excluding carboxylic acids is 2. The zero-order valence-corrected chi connectivity index (χ0v) is 28.6. The molecule has 270 valence electrons. The molecule has 0 aromatic heterocycles. The van der Waals surface area contributed by atoms with Crippen molar-refractivity contribution < 1.29 is 51.9 Å². The summed E-state index contributed by atoms with van der Waals surface area (Å²) in [5, 5.41) is 26.7. The van der Waals surface area contributed by atoms with Crippen LogP contribution in [0.3, 0.4) is 0 Å². The van der Waals surface area contributed by atoms with Gasteiger partial charge in [-0.1, -0.05) is 18.2 Å². The number of aromatic hydroxyl groups is 1. The summed E-state index contributed by atoms with van der Waals surface area (Å²) in [4.78, 5) is 29.7. The van der Waals surface area contributed by atoms with Gasteiger partial charge in [-0.15, -0.1) is 0 Å². The second kappa shape index (κ2) is 12.8. The first-order chi connectivity index (χ1) is 24.2. The van der Waals surface area contributed by atoms with Gasteiger partial charge in [-0.05, 0) is 68.6 Å². The largest absolute Gasteiger partial charge is 0.504 e. The summed E-state index contributed by atoms with van der Waals surface area (Å²) in [5.74, 6) is 0.444. The van der Waals surface area contributed by atoms with Crippen LogP contribution in [-0.2, 0) is 28.6 Å². The van der Waals surface area contributed by atoms with E-state index in [2.05, 4.69) is 10.2 Å². The number of aryl methyl sites for hydroxylation is 1. The van der Waals surface area contributed by atoms with Crippen molar-refractivity contribution in [3.63, 3.8) is 0 Å². The average molecular weight is 710 g/mol. The summed E-state index contributed by atoms with van der Waals surface area (Å²) in [6.07, 6.45) is -2.17. The van der Waals surface area contributed by atoms with Gasteiger partial charge in [0.1, 0.15) is 12.0 Å². The smallest absolute Gasteiger partial charge is 0.416 e. The molecule has 5 atom stereocenters. The highest BCUT2D eigenvalue weighted by molar-refractivity contribution is 5.91. The quantitative estimate of drug-likeness (QED) is 0.188. The van der Waals surface area contributed by atoms with Crippen molar-refractivity contribution >= 4 is 18.0 Å². The number of piperazine rings is 1. The predicted molar refractivity (Wildman–Crippen MR) is 178 cm³/mol. The number of phenolic OH excluding ortho intramolecular Hbond substituents is 1. The molecule has 51 heavy (non-hydrogen) atoms. The standard InChI is InChI=1S/C37H38F3N3O8/c1-17-12-21-13-25-36(47)43-24(30(42(25)4)28(21)31(46)32(17)48-5)14-23-29(35-34(49-16-50-35)18(2)33(23)51-19(3)44)26(43)15-41-27(45)11-8-20-6-9-22(10-7-20)37(38,39)40/h6-12,24-26,30,36,46-47H,13-16H2,1-5H3,(H,41,45)/b11-8+/t24-,25-,26-,30-,36-/m0/s1. The van der Waals surface area contributed by atoms with Crippen LogP contribution in [0.2, 0.25) is 0 Å². The van der Waals surface area contributed by atoms with Crippen LogP contribution in [0.5, 0.6) is 28.7 Å². The van der Waals surface area contributed by atoms with Crippen LogP contribution < -0.4 is 24.3 Å². The number of alkyl halides is 3. The Kier molecular flexibility index (Phi) is 8.67. The van der Waals surface area contributed by atoms with Gasteiger partial charge in [0.25, 0.3) is 0 Å². The van der Waals surface area contributed by atoms with Crippen LogP contribution in [0.4, 0.5) is 13.2 Å². The third-order valence-electron chi connectivity index (χ3n) is 10.5. The molecule has 11 nitrogen and oxygen atoms in total. The number of nitrogens with zero attached hydrogens (tertiary/aromatic N) is 2. The van der Waals surface area contributed by atoms with E-state index in [0.717, 1.165) is 23.3 Å². The van der Waals surface area contributed by atoms with E-state index in [1.165, 1.54) is 38.3 Å². The molecule has 14 heteroatoms. The van der Waals surface area contributed by atoms with Crippen molar-refractivity contribution in [1.29, 1.82) is 0 Å². The number of aliphatic hydroxyl groups excluding tert-OH is 1. The first-order valence-corrected chi connectivity index (χ1v) is 16.5. The molecule has 4 aliphatic heterocycles. The minimum atomic E-state index is -4.48. The number of likely N-dealkylation sites (N-methyl/N-ethyl adjacent to an activating group) is 1. The zero-order chi connectivity index (χ0) is 36.5. The number of carbonyl (C=O) groups is 2. The number of aliphatic hydroxyl groups is 1. The number of hydrogen-bond donors (Lipinski definition) is 3. The van der Waals surface area contributed by atoms with Crippen molar-refractivity contribution in [1.82, 2.24) is 15.1 Å². The first-order valence-electron chi connectivity index (χ1n) is 16.5. The van der Waals surface area contributed by atoms with Crippen LogP contribution in [0.15, 0.2) is 36.4 Å². The molecule has 1 fully saturated rings. The third kappa shape index (κ3) is 5.75. The minimum absolute atomic E-state index is 0.0188. The highest BCUT2D eigenvalue weighted by atomic mass is 19.4. The lowest BCUT2D eigenvalue weighted by atomic mass is 9.73. The second-order valence-electron chi connectivity index (χ2n) is 13.4. The molecule has 4 heterocycles. The fourth-order valence-electron chi connectivity index (χ4n) is 8.33. The van der Waals surface area contributed by atoms with E-state index in [4.69, 9.17) is 18.9 Å². The van der Waals surface area contributed by atoms with E-state index >= 15 is 0 Å². The van der Waals surface area contributed by atoms with Crippen LogP contribution in [0.1, 0.15) is 63.5 Å². The van der Waals surface area contributed by atoms with Crippen molar-refractivity contribution in [2.75, 3.05) is 27.5 Å². The van der Waals surface area contributed by atoms with Crippen molar-refractivity contribution in [2.24, 2.45) is 0 Å². The normalized spacial score (nSPS) is 23.7.